The zero-order chi connectivity index (χ0) is 20.3. The molecule has 28 heavy (non-hydrogen) atoms. The van der Waals surface area contributed by atoms with Crippen LogP contribution in [0.15, 0.2) is 33.9 Å². The van der Waals surface area contributed by atoms with Gasteiger partial charge in [-0.25, -0.2) is 9.78 Å². The number of aromatic nitrogens is 4. The van der Waals surface area contributed by atoms with Crippen LogP contribution in [0.2, 0.25) is 0 Å². The molecule has 3 rings (SSSR count). The Morgan fingerprint density at radius 2 is 1.86 bits per heavy atom. The minimum atomic E-state index is -0.404. The van der Waals surface area contributed by atoms with Gasteiger partial charge in [0.05, 0.1) is 13.2 Å². The molecule has 0 aliphatic rings. The Labute approximate surface area is 162 Å². The summed E-state index contributed by atoms with van der Waals surface area (Å²) < 4.78 is 9.94. The standard InChI is InChI=1S/C20H26N4O4/c1-4-9-28-10-8-16-21-18-17(19(26)23(3)20(27)22(18)2)24(16)12-14-6-5-7-15(11-14)13-25/h5-7,11,25H,4,8-10,12-13H2,1-3H3. The van der Waals surface area contributed by atoms with Crippen molar-refractivity contribution in [2.45, 2.75) is 32.9 Å². The topological polar surface area (TPSA) is 91.3 Å². The average molecular weight is 386 g/mol. The van der Waals surface area contributed by atoms with Crippen molar-refractivity contribution in [3.63, 3.8) is 0 Å². The number of hydrogen-bond donors (Lipinski definition) is 1. The number of aryl methyl sites for hydroxylation is 1. The maximum absolute atomic E-state index is 12.8. The van der Waals surface area contributed by atoms with E-state index in [0.29, 0.717) is 43.2 Å². The Bertz CT molecular complexity index is 1090. The highest BCUT2D eigenvalue weighted by Gasteiger charge is 2.19. The van der Waals surface area contributed by atoms with Gasteiger partial charge in [0.25, 0.3) is 5.56 Å². The molecule has 8 nitrogen and oxygen atoms in total. The van der Waals surface area contributed by atoms with Crippen LogP contribution in [-0.4, -0.2) is 37.0 Å². The van der Waals surface area contributed by atoms with Gasteiger partial charge in [0.15, 0.2) is 11.2 Å². The summed E-state index contributed by atoms with van der Waals surface area (Å²) in [6, 6.07) is 7.56. The summed E-state index contributed by atoms with van der Waals surface area (Å²) in [4.78, 5) is 29.7. The average Bonchev–Trinajstić information content (AvgIpc) is 3.06. The van der Waals surface area contributed by atoms with Crippen molar-refractivity contribution in [2.24, 2.45) is 14.1 Å². The SMILES string of the molecule is CCCOCCc1nc2c(c(=O)n(C)c(=O)n2C)n1Cc1cccc(CO)c1. The molecular weight excluding hydrogens is 360 g/mol. The maximum atomic E-state index is 12.8. The molecule has 1 aromatic carbocycles. The summed E-state index contributed by atoms with van der Waals surface area (Å²) >= 11 is 0. The molecule has 1 N–H and O–H groups in total. The smallest absolute Gasteiger partial charge is 0.332 e. The van der Waals surface area contributed by atoms with Gasteiger partial charge in [0.1, 0.15) is 5.82 Å². The van der Waals surface area contributed by atoms with Crippen LogP contribution in [0, 0.1) is 0 Å². The Hall–Kier alpha value is -2.71. The van der Waals surface area contributed by atoms with E-state index in [-0.39, 0.29) is 12.2 Å². The number of aliphatic hydroxyl groups is 1. The fraction of sp³-hybridized carbons (Fsp3) is 0.450. The monoisotopic (exact) mass is 386 g/mol. The van der Waals surface area contributed by atoms with E-state index >= 15 is 0 Å². The van der Waals surface area contributed by atoms with E-state index in [1.807, 2.05) is 35.8 Å². The van der Waals surface area contributed by atoms with E-state index in [0.717, 1.165) is 22.1 Å². The van der Waals surface area contributed by atoms with Crippen molar-refractivity contribution in [1.82, 2.24) is 18.7 Å². The van der Waals surface area contributed by atoms with E-state index in [2.05, 4.69) is 4.98 Å². The van der Waals surface area contributed by atoms with Gasteiger partial charge in [-0.2, -0.15) is 0 Å². The van der Waals surface area contributed by atoms with Crippen LogP contribution in [0.4, 0.5) is 0 Å². The van der Waals surface area contributed by atoms with Crippen molar-refractivity contribution < 1.29 is 9.84 Å². The first kappa shape index (κ1) is 20.0. The molecule has 2 aromatic heterocycles. The second-order valence-electron chi connectivity index (χ2n) is 6.83. The molecule has 150 valence electrons. The minimum absolute atomic E-state index is 0.0491. The second-order valence-corrected chi connectivity index (χ2v) is 6.83. The lowest BCUT2D eigenvalue weighted by Gasteiger charge is -2.11. The van der Waals surface area contributed by atoms with E-state index < -0.39 is 5.69 Å². The van der Waals surface area contributed by atoms with Gasteiger partial charge in [-0.05, 0) is 17.5 Å². The van der Waals surface area contributed by atoms with E-state index in [4.69, 9.17) is 4.74 Å². The molecule has 8 heteroatoms. The van der Waals surface area contributed by atoms with Crippen LogP contribution in [0.25, 0.3) is 11.2 Å². The third kappa shape index (κ3) is 3.79. The third-order valence-corrected chi connectivity index (χ3v) is 4.76. The Morgan fingerprint density at radius 3 is 2.57 bits per heavy atom. The van der Waals surface area contributed by atoms with Gasteiger partial charge in [-0.15, -0.1) is 0 Å². The first-order valence-electron chi connectivity index (χ1n) is 9.39. The van der Waals surface area contributed by atoms with Gasteiger partial charge in [-0.1, -0.05) is 31.2 Å². The summed E-state index contributed by atoms with van der Waals surface area (Å²) in [6.07, 6.45) is 1.46. The first-order chi connectivity index (χ1) is 13.5. The van der Waals surface area contributed by atoms with Crippen LogP contribution >= 0.6 is 0 Å². The zero-order valence-electron chi connectivity index (χ0n) is 16.5. The summed E-state index contributed by atoms with van der Waals surface area (Å²) in [7, 11) is 3.09. The highest BCUT2D eigenvalue weighted by Crippen LogP contribution is 2.16. The molecule has 0 amide bonds. The predicted octanol–water partition coefficient (Wildman–Crippen LogP) is 0.943. The van der Waals surface area contributed by atoms with Crippen molar-refractivity contribution in [2.75, 3.05) is 13.2 Å². The summed E-state index contributed by atoms with van der Waals surface area (Å²) in [5, 5.41) is 9.40. The molecule has 3 aromatic rings. The normalized spacial score (nSPS) is 11.4. The molecule has 2 heterocycles. The molecule has 0 saturated carbocycles. The Kier molecular flexibility index (Phi) is 6.11. The van der Waals surface area contributed by atoms with Crippen molar-refractivity contribution in [3.05, 3.63) is 62.1 Å². The molecular formula is C20H26N4O4. The number of hydrogen-bond acceptors (Lipinski definition) is 5. The first-order valence-corrected chi connectivity index (χ1v) is 9.39. The molecule has 0 saturated heterocycles. The molecule has 0 atom stereocenters. The van der Waals surface area contributed by atoms with Gasteiger partial charge in [0, 0.05) is 33.7 Å². The molecule has 0 fully saturated rings. The van der Waals surface area contributed by atoms with Crippen LogP contribution < -0.4 is 11.2 Å². The highest BCUT2D eigenvalue weighted by molar-refractivity contribution is 5.71. The lowest BCUT2D eigenvalue weighted by atomic mass is 10.1. The predicted molar refractivity (Wildman–Crippen MR) is 106 cm³/mol. The van der Waals surface area contributed by atoms with Gasteiger partial charge in [-0.3, -0.25) is 13.9 Å². The van der Waals surface area contributed by atoms with E-state index in [9.17, 15) is 14.7 Å². The fourth-order valence-corrected chi connectivity index (χ4v) is 3.27. The van der Waals surface area contributed by atoms with Gasteiger partial charge >= 0.3 is 5.69 Å². The number of benzene rings is 1. The fourth-order valence-electron chi connectivity index (χ4n) is 3.27. The van der Waals surface area contributed by atoms with Crippen molar-refractivity contribution in [3.8, 4) is 0 Å². The highest BCUT2D eigenvalue weighted by atomic mass is 16.5. The Morgan fingerprint density at radius 1 is 1.11 bits per heavy atom. The van der Waals surface area contributed by atoms with Crippen LogP contribution in [0.5, 0.6) is 0 Å². The maximum Gasteiger partial charge on any atom is 0.332 e. The van der Waals surface area contributed by atoms with Crippen molar-refractivity contribution >= 4 is 11.2 Å². The minimum Gasteiger partial charge on any atom is -0.392 e. The largest absolute Gasteiger partial charge is 0.392 e. The number of rotatable bonds is 8. The molecule has 0 unspecified atom stereocenters. The van der Waals surface area contributed by atoms with Gasteiger partial charge < -0.3 is 14.4 Å². The van der Waals surface area contributed by atoms with E-state index in [1.165, 1.54) is 11.6 Å². The van der Waals surface area contributed by atoms with Crippen LogP contribution in [0.3, 0.4) is 0 Å². The van der Waals surface area contributed by atoms with Gasteiger partial charge in [0.2, 0.25) is 0 Å². The number of nitrogens with zero attached hydrogens (tertiary/aromatic N) is 4. The summed E-state index contributed by atoms with van der Waals surface area (Å²) in [5.74, 6) is 0.693. The molecule has 0 bridgehead atoms. The molecule has 0 spiro atoms. The number of imidazole rings is 1. The third-order valence-electron chi connectivity index (χ3n) is 4.76. The Balaban J connectivity index is 2.13. The molecule has 0 radical (unpaired) electrons. The lowest BCUT2D eigenvalue weighted by Crippen LogP contribution is -2.37. The zero-order valence-corrected chi connectivity index (χ0v) is 16.5. The quantitative estimate of drug-likeness (QED) is 0.582. The summed E-state index contributed by atoms with van der Waals surface area (Å²) in [5.41, 5.74) is 1.73. The second kappa shape index (κ2) is 8.53. The van der Waals surface area contributed by atoms with Crippen LogP contribution in [-0.2, 0) is 38.4 Å². The van der Waals surface area contributed by atoms with Crippen LogP contribution in [0.1, 0.15) is 30.3 Å². The molecule has 0 aliphatic heterocycles. The number of fused-ring (bicyclic) bond motifs is 1. The van der Waals surface area contributed by atoms with Crippen molar-refractivity contribution in [1.29, 1.82) is 0 Å². The molecule has 0 aliphatic carbocycles. The summed E-state index contributed by atoms with van der Waals surface area (Å²) in [6.45, 7) is 3.57. The number of aliphatic hydroxyl groups excluding tert-OH is 1. The number of ether oxygens (including phenoxy) is 1. The van der Waals surface area contributed by atoms with E-state index in [1.54, 1.807) is 7.05 Å². The lowest BCUT2D eigenvalue weighted by molar-refractivity contribution is 0.136.